The van der Waals surface area contributed by atoms with Gasteiger partial charge in [-0.2, -0.15) is 0 Å². The van der Waals surface area contributed by atoms with Crippen molar-refractivity contribution < 1.29 is 4.79 Å². The van der Waals surface area contributed by atoms with Gasteiger partial charge in [0.25, 0.3) is 0 Å². The number of carbonyl (C=O) groups is 1. The van der Waals surface area contributed by atoms with E-state index in [-0.39, 0.29) is 5.91 Å². The minimum Gasteiger partial charge on any atom is -0.273 e. The molecule has 1 N–H and O–H groups in total. The summed E-state index contributed by atoms with van der Waals surface area (Å²) in [5.41, 5.74) is 3.83. The van der Waals surface area contributed by atoms with Crippen molar-refractivity contribution in [3.63, 3.8) is 0 Å². The van der Waals surface area contributed by atoms with E-state index in [0.29, 0.717) is 6.42 Å². The van der Waals surface area contributed by atoms with Gasteiger partial charge in [0.05, 0.1) is 5.70 Å². The van der Waals surface area contributed by atoms with Gasteiger partial charge in [0.1, 0.15) is 0 Å². The molecule has 1 amide bonds. The monoisotopic (exact) mass is 198 g/mol. The normalized spacial score (nSPS) is 17.7. The molecule has 0 spiro atoms. The van der Waals surface area contributed by atoms with E-state index in [1.165, 1.54) is 5.22 Å². The van der Waals surface area contributed by atoms with Crippen LogP contribution in [0.1, 0.15) is 6.42 Å². The van der Waals surface area contributed by atoms with Crippen molar-refractivity contribution >= 4 is 18.2 Å². The van der Waals surface area contributed by atoms with E-state index in [1.807, 2.05) is 30.5 Å². The quantitative estimate of drug-likeness (QED) is 0.628. The molecule has 74 valence electrons. The van der Waals surface area contributed by atoms with Crippen LogP contribution in [0.5, 0.6) is 0 Å². The Hall–Kier alpha value is -2.03. The van der Waals surface area contributed by atoms with E-state index in [9.17, 15) is 4.79 Å². The second-order valence-electron chi connectivity index (χ2n) is 3.64. The van der Waals surface area contributed by atoms with Gasteiger partial charge in [-0.15, -0.1) is 0 Å². The van der Waals surface area contributed by atoms with Crippen molar-refractivity contribution in [3.05, 3.63) is 46.5 Å². The molecule has 0 saturated carbocycles. The van der Waals surface area contributed by atoms with Crippen LogP contribution in [0.15, 0.2) is 36.0 Å². The second kappa shape index (κ2) is 2.98. The first kappa shape index (κ1) is 8.29. The van der Waals surface area contributed by atoms with Crippen LogP contribution in [0.4, 0.5) is 0 Å². The minimum absolute atomic E-state index is 0.0304. The van der Waals surface area contributed by atoms with Gasteiger partial charge in [-0.05, 0) is 17.4 Å². The number of carbonyl (C=O) groups excluding carboxylic acids is 1. The molecule has 2 aliphatic rings. The van der Waals surface area contributed by atoms with Crippen LogP contribution < -0.4 is 15.9 Å². The Kier molecular flexibility index (Phi) is 1.65. The fourth-order valence-corrected chi connectivity index (χ4v) is 1.83. The summed E-state index contributed by atoms with van der Waals surface area (Å²) in [6.45, 7) is 0. The number of hydrogen-bond acceptors (Lipinski definition) is 2. The van der Waals surface area contributed by atoms with E-state index < -0.39 is 0 Å². The maximum Gasteiger partial charge on any atom is 0.242 e. The number of nitrogens with one attached hydrogen (secondary N) is 1. The predicted octanol–water partition coefficient (Wildman–Crippen LogP) is -0.161. The third kappa shape index (κ3) is 1.32. The zero-order valence-corrected chi connectivity index (χ0v) is 8.10. The molecule has 1 aromatic carbocycles. The van der Waals surface area contributed by atoms with E-state index >= 15 is 0 Å². The number of allylic oxidation sites excluding steroid dienone is 1. The van der Waals surface area contributed by atoms with Crippen molar-refractivity contribution in [1.29, 1.82) is 0 Å². The highest BCUT2D eigenvalue weighted by atomic mass is 16.2. The molecule has 2 heterocycles. The highest BCUT2D eigenvalue weighted by Gasteiger charge is 2.16. The van der Waals surface area contributed by atoms with Crippen molar-refractivity contribution in [2.24, 2.45) is 0 Å². The first-order valence-corrected chi connectivity index (χ1v) is 4.90. The molecule has 0 unspecified atom stereocenters. The largest absolute Gasteiger partial charge is 0.273 e. The van der Waals surface area contributed by atoms with Gasteiger partial charge in [0, 0.05) is 17.8 Å². The third-order valence-corrected chi connectivity index (χ3v) is 2.59. The molecular weight excluding hydrogens is 188 g/mol. The molecule has 3 rings (SSSR count). The number of amides is 1. The van der Waals surface area contributed by atoms with E-state index in [2.05, 4.69) is 17.6 Å². The molecule has 0 aromatic heterocycles. The number of fused-ring (bicyclic) bond motifs is 2. The van der Waals surface area contributed by atoms with Crippen LogP contribution in [0.2, 0.25) is 0 Å². The topological polar surface area (TPSA) is 32.3 Å². The number of hydrazine groups is 1. The van der Waals surface area contributed by atoms with Crippen LogP contribution in [0, 0.1) is 0 Å². The molecule has 0 radical (unpaired) electrons. The molecule has 0 bridgehead atoms. The summed E-state index contributed by atoms with van der Waals surface area (Å²) in [6, 6.07) is 8.11. The average Bonchev–Trinajstić information content (AvgIpc) is 2.26. The smallest absolute Gasteiger partial charge is 0.242 e. The lowest BCUT2D eigenvalue weighted by molar-refractivity contribution is -0.123. The summed E-state index contributed by atoms with van der Waals surface area (Å²) in [7, 11) is 0. The summed E-state index contributed by atoms with van der Waals surface area (Å²) in [6.07, 6.45) is 6.41. The summed E-state index contributed by atoms with van der Waals surface area (Å²) in [5, 5.41) is 4.08. The molecule has 1 aromatic rings. The van der Waals surface area contributed by atoms with Crippen molar-refractivity contribution in [2.45, 2.75) is 6.42 Å². The minimum atomic E-state index is 0.0304. The van der Waals surface area contributed by atoms with Crippen LogP contribution in [-0.2, 0) is 4.79 Å². The van der Waals surface area contributed by atoms with Crippen LogP contribution in [0.3, 0.4) is 0 Å². The first-order valence-electron chi connectivity index (χ1n) is 4.90. The standard InChI is InChI=1S/C12H10N2O/c15-12-6-5-11-7-9-3-1-2-4-10(9)8-14(11)13-12/h1-5,7-8H,6H2,(H,13,15). The van der Waals surface area contributed by atoms with E-state index in [4.69, 9.17) is 0 Å². The van der Waals surface area contributed by atoms with Gasteiger partial charge in [-0.3, -0.25) is 15.2 Å². The molecule has 2 aliphatic heterocycles. The zero-order chi connectivity index (χ0) is 10.3. The van der Waals surface area contributed by atoms with Gasteiger partial charge in [0.2, 0.25) is 5.91 Å². The summed E-state index contributed by atoms with van der Waals surface area (Å²) in [4.78, 5) is 11.2. The van der Waals surface area contributed by atoms with Gasteiger partial charge < -0.3 is 0 Å². The lowest BCUT2D eigenvalue weighted by atomic mass is 10.1. The maximum atomic E-state index is 11.2. The maximum absolute atomic E-state index is 11.2. The van der Waals surface area contributed by atoms with E-state index in [0.717, 1.165) is 10.9 Å². The Balaban J connectivity index is 2.22. The second-order valence-corrected chi connectivity index (χ2v) is 3.64. The summed E-state index contributed by atoms with van der Waals surface area (Å²) in [5.74, 6) is 0.0304. The van der Waals surface area contributed by atoms with Crippen LogP contribution >= 0.6 is 0 Å². The SMILES string of the molecule is O=C1CC=C2C=c3ccccc3=CN2N1. The Morgan fingerprint density at radius 1 is 1.20 bits per heavy atom. The van der Waals surface area contributed by atoms with Crippen LogP contribution in [0.25, 0.3) is 12.3 Å². The Bertz CT molecular complexity index is 572. The number of hydrogen-bond donors (Lipinski definition) is 1. The fraction of sp³-hybridized carbons (Fsp3) is 0.0833. The van der Waals surface area contributed by atoms with E-state index in [1.54, 1.807) is 5.01 Å². The zero-order valence-electron chi connectivity index (χ0n) is 8.10. The molecule has 0 atom stereocenters. The lowest BCUT2D eigenvalue weighted by Gasteiger charge is -2.27. The fourth-order valence-electron chi connectivity index (χ4n) is 1.83. The van der Waals surface area contributed by atoms with Crippen molar-refractivity contribution in [2.75, 3.05) is 0 Å². The van der Waals surface area contributed by atoms with Crippen LogP contribution in [-0.4, -0.2) is 10.9 Å². The summed E-state index contributed by atoms with van der Waals surface area (Å²) < 4.78 is 0. The number of nitrogens with zero attached hydrogens (tertiary/aromatic N) is 1. The van der Waals surface area contributed by atoms with Gasteiger partial charge >= 0.3 is 0 Å². The molecular formula is C12H10N2O. The lowest BCUT2D eigenvalue weighted by Crippen LogP contribution is -2.45. The number of rotatable bonds is 0. The summed E-state index contributed by atoms with van der Waals surface area (Å²) >= 11 is 0. The molecule has 3 nitrogen and oxygen atoms in total. The first-order chi connectivity index (χ1) is 7.33. The average molecular weight is 198 g/mol. The van der Waals surface area contributed by atoms with Gasteiger partial charge in [-0.25, -0.2) is 0 Å². The van der Waals surface area contributed by atoms with Crippen molar-refractivity contribution in [3.8, 4) is 0 Å². The molecule has 0 saturated heterocycles. The predicted molar refractivity (Wildman–Crippen MR) is 57.3 cm³/mol. The molecule has 0 aliphatic carbocycles. The highest BCUT2D eigenvalue weighted by Crippen LogP contribution is 2.11. The molecule has 3 heteroatoms. The Labute approximate surface area is 87.0 Å². The van der Waals surface area contributed by atoms with Crippen molar-refractivity contribution in [1.82, 2.24) is 10.4 Å². The highest BCUT2D eigenvalue weighted by molar-refractivity contribution is 5.80. The third-order valence-electron chi connectivity index (χ3n) is 2.59. The van der Waals surface area contributed by atoms with Gasteiger partial charge in [0.15, 0.2) is 0 Å². The molecule has 15 heavy (non-hydrogen) atoms. The number of benzene rings is 1. The Morgan fingerprint density at radius 2 is 2.00 bits per heavy atom. The molecule has 0 fully saturated rings. The van der Waals surface area contributed by atoms with Gasteiger partial charge in [-0.1, -0.05) is 24.3 Å². The Morgan fingerprint density at radius 3 is 2.87 bits per heavy atom.